The number of hydrogen-bond acceptors (Lipinski definition) is 1. The molecule has 0 amide bonds. The van der Waals surface area contributed by atoms with Crippen LogP contribution in [0.2, 0.25) is 0 Å². The van der Waals surface area contributed by atoms with Gasteiger partial charge >= 0.3 is 0 Å². The minimum Gasteiger partial charge on any atom is -0.496 e. The summed E-state index contributed by atoms with van der Waals surface area (Å²) in [4.78, 5) is 0. The van der Waals surface area contributed by atoms with Gasteiger partial charge in [-0.1, -0.05) is 38.5 Å². The van der Waals surface area contributed by atoms with Crippen molar-refractivity contribution in [1.82, 2.24) is 0 Å². The maximum Gasteiger partial charge on any atom is 0.125 e. The second-order valence-corrected chi connectivity index (χ2v) is 5.68. The van der Waals surface area contributed by atoms with E-state index in [1.54, 1.807) is 7.11 Å². The highest BCUT2D eigenvalue weighted by Gasteiger charge is 2.21. The normalized spacial score (nSPS) is 10.8. The summed E-state index contributed by atoms with van der Waals surface area (Å²) in [5.74, 6) is 7.10. The fourth-order valence-electron chi connectivity index (χ4n) is 2.15. The van der Waals surface area contributed by atoms with E-state index in [1.165, 1.54) is 16.7 Å². The topological polar surface area (TPSA) is 9.23 Å². The molecule has 0 unspecified atom stereocenters. The van der Waals surface area contributed by atoms with E-state index in [0.29, 0.717) is 0 Å². The molecule has 1 heteroatoms. The van der Waals surface area contributed by atoms with Crippen LogP contribution in [0.1, 0.15) is 50.8 Å². The zero-order valence-corrected chi connectivity index (χ0v) is 12.5. The van der Waals surface area contributed by atoms with E-state index < -0.39 is 0 Å². The molecule has 0 spiro atoms. The van der Waals surface area contributed by atoms with Crippen LogP contribution in [0.4, 0.5) is 0 Å². The Hall–Kier alpha value is -1.42. The Kier molecular flexibility index (Phi) is 4.84. The minimum absolute atomic E-state index is 0.0998. The number of methoxy groups -OCH3 is 1. The first-order valence-electron chi connectivity index (χ1n) is 6.47. The number of rotatable bonds is 3. The van der Waals surface area contributed by atoms with Crippen molar-refractivity contribution in [3.8, 4) is 17.6 Å². The van der Waals surface area contributed by atoms with Crippen molar-refractivity contribution in [2.24, 2.45) is 0 Å². The Bertz CT molecular complexity index is 467. The van der Waals surface area contributed by atoms with Crippen LogP contribution in [0.3, 0.4) is 0 Å². The quantitative estimate of drug-likeness (QED) is 0.722. The maximum absolute atomic E-state index is 5.64. The Morgan fingerprint density at radius 1 is 1.22 bits per heavy atom. The lowest BCUT2D eigenvalue weighted by Gasteiger charge is -2.24. The molecule has 1 aromatic rings. The third-order valence-electron chi connectivity index (χ3n) is 3.02. The summed E-state index contributed by atoms with van der Waals surface area (Å²) in [6.07, 6.45) is 1.84. The molecule has 0 N–H and O–H groups in total. The van der Waals surface area contributed by atoms with Crippen LogP contribution in [-0.4, -0.2) is 7.11 Å². The van der Waals surface area contributed by atoms with E-state index in [4.69, 9.17) is 4.74 Å². The highest BCUT2D eigenvalue weighted by atomic mass is 16.5. The summed E-state index contributed by atoms with van der Waals surface area (Å²) in [5.41, 5.74) is 3.94. The first kappa shape index (κ1) is 14.6. The Morgan fingerprint density at radius 3 is 2.39 bits per heavy atom. The van der Waals surface area contributed by atoms with Gasteiger partial charge in [0.15, 0.2) is 0 Å². The SMILES string of the molecule is CC#CCCc1cc(C)cc(C(C)(C)C)c1OC. The van der Waals surface area contributed by atoms with Crippen LogP contribution in [0, 0.1) is 18.8 Å². The van der Waals surface area contributed by atoms with Crippen molar-refractivity contribution < 1.29 is 4.74 Å². The van der Waals surface area contributed by atoms with Gasteiger partial charge in [0.1, 0.15) is 5.75 Å². The molecule has 0 bridgehead atoms. The van der Waals surface area contributed by atoms with Gasteiger partial charge < -0.3 is 4.74 Å². The summed E-state index contributed by atoms with van der Waals surface area (Å²) in [6, 6.07) is 4.44. The maximum atomic E-state index is 5.64. The summed E-state index contributed by atoms with van der Waals surface area (Å²) >= 11 is 0. The van der Waals surface area contributed by atoms with E-state index in [1.807, 2.05) is 6.92 Å². The van der Waals surface area contributed by atoms with Crippen molar-refractivity contribution in [2.75, 3.05) is 7.11 Å². The van der Waals surface area contributed by atoms with Crippen molar-refractivity contribution in [2.45, 2.75) is 52.9 Å². The smallest absolute Gasteiger partial charge is 0.125 e. The monoisotopic (exact) mass is 244 g/mol. The lowest BCUT2D eigenvalue weighted by molar-refractivity contribution is 0.392. The van der Waals surface area contributed by atoms with Crippen LogP contribution in [0.25, 0.3) is 0 Å². The second kappa shape index (κ2) is 5.96. The van der Waals surface area contributed by atoms with Crippen molar-refractivity contribution >= 4 is 0 Å². The first-order valence-corrected chi connectivity index (χ1v) is 6.47. The average Bonchev–Trinajstić information content (AvgIpc) is 2.27. The standard InChI is InChI=1S/C17H24O/c1-7-8-9-10-14-11-13(2)12-15(16(14)18-6)17(3,4)5/h11-12H,9-10H2,1-6H3. The zero-order chi connectivity index (χ0) is 13.8. The predicted octanol–water partition coefficient (Wildman–Crippen LogP) is 4.26. The lowest BCUT2D eigenvalue weighted by Crippen LogP contribution is -2.14. The van der Waals surface area contributed by atoms with Gasteiger partial charge in [0.05, 0.1) is 7.11 Å². The van der Waals surface area contributed by atoms with Crippen LogP contribution in [0.5, 0.6) is 5.75 Å². The summed E-state index contributed by atoms with van der Waals surface area (Å²) in [5, 5.41) is 0. The Labute approximate surface area is 112 Å². The van der Waals surface area contributed by atoms with Crippen LogP contribution >= 0.6 is 0 Å². The number of hydrogen-bond donors (Lipinski definition) is 0. The molecule has 1 aromatic carbocycles. The summed E-state index contributed by atoms with van der Waals surface area (Å²) in [6.45, 7) is 10.7. The number of ether oxygens (including phenoxy) is 1. The van der Waals surface area contributed by atoms with Crippen LogP contribution in [0.15, 0.2) is 12.1 Å². The number of aryl methyl sites for hydroxylation is 2. The molecule has 0 aliphatic heterocycles. The average molecular weight is 244 g/mol. The van der Waals surface area contributed by atoms with Crippen LogP contribution in [-0.2, 0) is 11.8 Å². The third-order valence-corrected chi connectivity index (χ3v) is 3.02. The minimum atomic E-state index is 0.0998. The number of benzene rings is 1. The van der Waals surface area contributed by atoms with Gasteiger partial charge in [-0.05, 0) is 31.2 Å². The molecule has 0 aliphatic carbocycles. The molecular formula is C17H24O. The molecule has 1 nitrogen and oxygen atoms in total. The van der Waals surface area contributed by atoms with E-state index in [9.17, 15) is 0 Å². The third kappa shape index (κ3) is 3.53. The van der Waals surface area contributed by atoms with Gasteiger partial charge in [0.2, 0.25) is 0 Å². The molecule has 18 heavy (non-hydrogen) atoms. The van der Waals surface area contributed by atoms with Gasteiger partial charge in [-0.25, -0.2) is 0 Å². The molecular weight excluding hydrogens is 220 g/mol. The first-order chi connectivity index (χ1) is 8.40. The molecule has 0 heterocycles. The van der Waals surface area contributed by atoms with Gasteiger partial charge in [-0.2, -0.15) is 0 Å². The molecule has 0 saturated carbocycles. The fraction of sp³-hybridized carbons (Fsp3) is 0.529. The largest absolute Gasteiger partial charge is 0.496 e. The van der Waals surface area contributed by atoms with Crippen LogP contribution < -0.4 is 4.74 Å². The molecule has 0 aromatic heterocycles. The highest BCUT2D eigenvalue weighted by molar-refractivity contribution is 5.48. The van der Waals surface area contributed by atoms with Gasteiger partial charge in [0, 0.05) is 12.0 Å². The molecule has 0 saturated heterocycles. The predicted molar refractivity (Wildman–Crippen MR) is 78.2 cm³/mol. The van der Waals surface area contributed by atoms with Gasteiger partial charge in [-0.15, -0.1) is 11.8 Å². The Balaban J connectivity index is 3.23. The van der Waals surface area contributed by atoms with Crippen molar-refractivity contribution in [3.05, 3.63) is 28.8 Å². The van der Waals surface area contributed by atoms with Gasteiger partial charge in [0.25, 0.3) is 0 Å². The molecule has 0 fully saturated rings. The second-order valence-electron chi connectivity index (χ2n) is 5.68. The van der Waals surface area contributed by atoms with E-state index >= 15 is 0 Å². The molecule has 0 radical (unpaired) electrons. The molecule has 0 atom stereocenters. The lowest BCUT2D eigenvalue weighted by atomic mass is 9.83. The van der Waals surface area contributed by atoms with Crippen molar-refractivity contribution in [3.63, 3.8) is 0 Å². The summed E-state index contributed by atoms with van der Waals surface area (Å²) in [7, 11) is 1.76. The molecule has 1 rings (SSSR count). The molecule has 98 valence electrons. The van der Waals surface area contributed by atoms with E-state index in [-0.39, 0.29) is 5.41 Å². The summed E-state index contributed by atoms with van der Waals surface area (Å²) < 4.78 is 5.64. The molecule has 0 aliphatic rings. The Morgan fingerprint density at radius 2 is 1.89 bits per heavy atom. The highest BCUT2D eigenvalue weighted by Crippen LogP contribution is 2.35. The fourth-order valence-corrected chi connectivity index (χ4v) is 2.15. The zero-order valence-electron chi connectivity index (χ0n) is 12.5. The van der Waals surface area contributed by atoms with E-state index in [0.717, 1.165) is 18.6 Å². The van der Waals surface area contributed by atoms with Gasteiger partial charge in [-0.3, -0.25) is 0 Å². The van der Waals surface area contributed by atoms with Crippen molar-refractivity contribution in [1.29, 1.82) is 0 Å². The van der Waals surface area contributed by atoms with E-state index in [2.05, 4.69) is 51.7 Å².